The first-order valence-corrected chi connectivity index (χ1v) is 9.15. The summed E-state index contributed by atoms with van der Waals surface area (Å²) in [6.07, 6.45) is 1.15. The largest absolute Gasteiger partial charge is 0.309 e. The van der Waals surface area contributed by atoms with Crippen LogP contribution in [0.2, 0.25) is 0 Å². The number of thiophene rings is 1. The van der Waals surface area contributed by atoms with Crippen molar-refractivity contribution in [1.29, 1.82) is 0 Å². The van der Waals surface area contributed by atoms with E-state index in [0.717, 1.165) is 34.1 Å². The van der Waals surface area contributed by atoms with Crippen LogP contribution < -0.4 is 5.56 Å². The van der Waals surface area contributed by atoms with Gasteiger partial charge in [0.1, 0.15) is 10.7 Å². The van der Waals surface area contributed by atoms with E-state index in [9.17, 15) is 4.79 Å². The van der Waals surface area contributed by atoms with E-state index in [2.05, 4.69) is 47.9 Å². The summed E-state index contributed by atoms with van der Waals surface area (Å²) in [5.41, 5.74) is 1.07. The van der Waals surface area contributed by atoms with Crippen LogP contribution in [-0.4, -0.2) is 28.5 Å². The molecule has 0 amide bonds. The minimum Gasteiger partial charge on any atom is -0.309 e. The molecule has 0 saturated heterocycles. The molecule has 0 bridgehead atoms. The first kappa shape index (κ1) is 16.9. The minimum absolute atomic E-state index is 0.0506. The quantitative estimate of drug-likeness (QED) is 0.733. The average molecular weight is 341 g/mol. The number of nitrogens with zero attached hydrogens (tertiary/aromatic N) is 2. The fraction of sp³-hybridized carbons (Fsp3) is 0.368. The van der Waals surface area contributed by atoms with Gasteiger partial charge in [-0.05, 0) is 24.6 Å². The van der Waals surface area contributed by atoms with Gasteiger partial charge in [0.25, 0.3) is 5.56 Å². The molecule has 5 heteroatoms. The highest BCUT2D eigenvalue weighted by Gasteiger charge is 2.12. The SMILES string of the molecule is CC[C@@H](C)CN(C)Cc1nc2sc(-c3ccccc3)cc2c(=O)[nH]1. The second kappa shape index (κ2) is 7.28. The molecule has 0 aliphatic heterocycles. The molecule has 0 spiro atoms. The molecule has 0 aliphatic carbocycles. The predicted molar refractivity (Wildman–Crippen MR) is 101 cm³/mol. The Hall–Kier alpha value is -1.98. The van der Waals surface area contributed by atoms with Crippen LogP contribution in [0.15, 0.2) is 41.2 Å². The normalized spacial score (nSPS) is 12.8. The van der Waals surface area contributed by atoms with E-state index in [1.807, 2.05) is 24.3 Å². The summed E-state index contributed by atoms with van der Waals surface area (Å²) in [4.78, 5) is 24.1. The van der Waals surface area contributed by atoms with Crippen molar-refractivity contribution in [2.45, 2.75) is 26.8 Å². The van der Waals surface area contributed by atoms with Crippen LogP contribution in [0, 0.1) is 5.92 Å². The number of aromatic amines is 1. The third-order valence-corrected chi connectivity index (χ3v) is 5.33. The molecule has 0 fully saturated rings. The van der Waals surface area contributed by atoms with Crippen molar-refractivity contribution < 1.29 is 0 Å². The molecule has 1 N–H and O–H groups in total. The van der Waals surface area contributed by atoms with E-state index in [1.165, 1.54) is 0 Å². The third-order valence-electron chi connectivity index (χ3n) is 4.25. The number of fused-ring (bicyclic) bond motifs is 1. The lowest BCUT2D eigenvalue weighted by Gasteiger charge is -2.19. The van der Waals surface area contributed by atoms with Crippen molar-refractivity contribution in [2.24, 2.45) is 5.92 Å². The van der Waals surface area contributed by atoms with Gasteiger partial charge in [-0.25, -0.2) is 4.98 Å². The number of hydrogen-bond donors (Lipinski definition) is 1. The zero-order chi connectivity index (χ0) is 17.1. The zero-order valence-corrected chi connectivity index (χ0v) is 15.2. The van der Waals surface area contributed by atoms with E-state index in [-0.39, 0.29) is 5.56 Å². The summed E-state index contributed by atoms with van der Waals surface area (Å²) in [5, 5.41) is 0.673. The molecule has 1 atom stereocenters. The van der Waals surface area contributed by atoms with Crippen LogP contribution in [0.3, 0.4) is 0 Å². The molecule has 4 nitrogen and oxygen atoms in total. The van der Waals surface area contributed by atoms with E-state index in [1.54, 1.807) is 11.3 Å². The first-order valence-electron chi connectivity index (χ1n) is 8.33. The molecule has 0 unspecified atom stereocenters. The summed E-state index contributed by atoms with van der Waals surface area (Å²) in [6.45, 7) is 6.09. The van der Waals surface area contributed by atoms with Crippen LogP contribution in [0.4, 0.5) is 0 Å². The van der Waals surface area contributed by atoms with Crippen molar-refractivity contribution in [3.8, 4) is 10.4 Å². The minimum atomic E-state index is -0.0506. The highest BCUT2D eigenvalue weighted by atomic mass is 32.1. The predicted octanol–water partition coefficient (Wildman–Crippen LogP) is 4.13. The van der Waals surface area contributed by atoms with Gasteiger partial charge in [-0.15, -0.1) is 11.3 Å². The van der Waals surface area contributed by atoms with Crippen LogP contribution in [-0.2, 0) is 6.54 Å². The molecule has 1 aromatic carbocycles. The Balaban J connectivity index is 1.88. The van der Waals surface area contributed by atoms with Crippen molar-refractivity contribution in [2.75, 3.05) is 13.6 Å². The van der Waals surface area contributed by atoms with Gasteiger partial charge in [0.05, 0.1) is 11.9 Å². The van der Waals surface area contributed by atoms with Gasteiger partial charge < -0.3 is 4.98 Å². The second-order valence-electron chi connectivity index (χ2n) is 6.42. The molecule has 24 heavy (non-hydrogen) atoms. The number of rotatable bonds is 6. The number of aromatic nitrogens is 2. The summed E-state index contributed by atoms with van der Waals surface area (Å²) in [7, 11) is 2.07. The molecule has 2 heterocycles. The monoisotopic (exact) mass is 341 g/mol. The molecule has 2 aromatic heterocycles. The van der Waals surface area contributed by atoms with Crippen molar-refractivity contribution in [3.05, 3.63) is 52.6 Å². The molecule has 3 rings (SSSR count). The highest BCUT2D eigenvalue weighted by Crippen LogP contribution is 2.30. The summed E-state index contributed by atoms with van der Waals surface area (Å²) >= 11 is 1.57. The number of hydrogen-bond acceptors (Lipinski definition) is 4. The second-order valence-corrected chi connectivity index (χ2v) is 7.45. The van der Waals surface area contributed by atoms with E-state index in [4.69, 9.17) is 0 Å². The maximum atomic E-state index is 12.4. The summed E-state index contributed by atoms with van der Waals surface area (Å²) < 4.78 is 0. The first-order chi connectivity index (χ1) is 11.6. The maximum Gasteiger partial charge on any atom is 0.259 e. The lowest BCUT2D eigenvalue weighted by atomic mass is 10.1. The number of benzene rings is 1. The van der Waals surface area contributed by atoms with Crippen molar-refractivity contribution in [1.82, 2.24) is 14.9 Å². The summed E-state index contributed by atoms with van der Waals surface area (Å²) in [6, 6.07) is 12.1. The van der Waals surface area contributed by atoms with E-state index >= 15 is 0 Å². The zero-order valence-electron chi connectivity index (χ0n) is 14.4. The topological polar surface area (TPSA) is 49.0 Å². The van der Waals surface area contributed by atoms with E-state index in [0.29, 0.717) is 17.8 Å². The van der Waals surface area contributed by atoms with Gasteiger partial charge in [0.2, 0.25) is 0 Å². The Labute approximate surface area is 146 Å². The van der Waals surface area contributed by atoms with Gasteiger partial charge in [0.15, 0.2) is 0 Å². The standard InChI is InChI=1S/C19H23N3OS/c1-4-13(2)11-22(3)12-17-20-18(23)15-10-16(24-19(15)21-17)14-8-6-5-7-9-14/h5-10,13H,4,11-12H2,1-3H3,(H,20,21,23)/t13-/m1/s1. The molecule has 0 saturated carbocycles. The Bertz CT molecular complexity index is 869. The Kier molecular flexibility index (Phi) is 5.11. The Morgan fingerprint density at radius 3 is 2.75 bits per heavy atom. The molecule has 0 aliphatic rings. The summed E-state index contributed by atoms with van der Waals surface area (Å²) in [5.74, 6) is 1.37. The van der Waals surface area contributed by atoms with Crippen molar-refractivity contribution in [3.63, 3.8) is 0 Å². The van der Waals surface area contributed by atoms with Gasteiger partial charge in [0, 0.05) is 11.4 Å². The van der Waals surface area contributed by atoms with Crippen LogP contribution >= 0.6 is 11.3 Å². The van der Waals surface area contributed by atoms with Crippen LogP contribution in [0.25, 0.3) is 20.7 Å². The lowest BCUT2D eigenvalue weighted by Crippen LogP contribution is -2.26. The van der Waals surface area contributed by atoms with Crippen LogP contribution in [0.5, 0.6) is 0 Å². The number of nitrogens with one attached hydrogen (secondary N) is 1. The fourth-order valence-corrected chi connectivity index (χ4v) is 3.83. The van der Waals surface area contributed by atoms with E-state index < -0.39 is 0 Å². The molecular weight excluding hydrogens is 318 g/mol. The smallest absolute Gasteiger partial charge is 0.259 e. The van der Waals surface area contributed by atoms with Gasteiger partial charge in [-0.2, -0.15) is 0 Å². The van der Waals surface area contributed by atoms with Gasteiger partial charge in [-0.3, -0.25) is 9.69 Å². The van der Waals surface area contributed by atoms with Crippen LogP contribution in [0.1, 0.15) is 26.1 Å². The average Bonchev–Trinajstić information content (AvgIpc) is 3.00. The molecule has 126 valence electrons. The fourth-order valence-electron chi connectivity index (χ4n) is 2.78. The third kappa shape index (κ3) is 3.74. The molecular formula is C19H23N3OS. The molecule has 0 radical (unpaired) electrons. The van der Waals surface area contributed by atoms with Gasteiger partial charge in [-0.1, -0.05) is 50.6 Å². The molecule has 3 aromatic rings. The number of H-pyrrole nitrogens is 1. The highest BCUT2D eigenvalue weighted by molar-refractivity contribution is 7.21. The Morgan fingerprint density at radius 1 is 1.29 bits per heavy atom. The van der Waals surface area contributed by atoms with Crippen molar-refractivity contribution >= 4 is 21.6 Å². The Morgan fingerprint density at radius 2 is 2.04 bits per heavy atom. The van der Waals surface area contributed by atoms with Gasteiger partial charge >= 0.3 is 0 Å². The lowest BCUT2D eigenvalue weighted by molar-refractivity contribution is 0.269. The maximum absolute atomic E-state index is 12.4.